The number of rotatable bonds is 10. The summed E-state index contributed by atoms with van der Waals surface area (Å²) >= 11 is 6.12. The minimum atomic E-state index is -4.12. The first kappa shape index (κ1) is 24.8. The van der Waals surface area contributed by atoms with Crippen molar-refractivity contribution in [3.05, 3.63) is 52.5 Å². The zero-order valence-electron chi connectivity index (χ0n) is 17.8. The minimum Gasteiger partial charge on any atom is -0.486 e. The van der Waals surface area contributed by atoms with Crippen molar-refractivity contribution in [2.75, 3.05) is 26.3 Å². The van der Waals surface area contributed by atoms with Crippen molar-refractivity contribution in [3.63, 3.8) is 0 Å². The first-order chi connectivity index (χ1) is 15.7. The van der Waals surface area contributed by atoms with E-state index in [1.54, 1.807) is 6.07 Å². The van der Waals surface area contributed by atoms with Crippen LogP contribution >= 0.6 is 11.6 Å². The Bertz CT molecular complexity index is 1140. The quantitative estimate of drug-likeness (QED) is 0.380. The molecule has 3 N–H and O–H groups in total. The van der Waals surface area contributed by atoms with E-state index in [0.717, 1.165) is 5.56 Å². The number of carbonyl (C=O) groups is 2. The van der Waals surface area contributed by atoms with E-state index in [-0.39, 0.29) is 60.5 Å². The number of sulfonamides is 1. The lowest BCUT2D eigenvalue weighted by Gasteiger charge is -2.21. The van der Waals surface area contributed by atoms with Gasteiger partial charge >= 0.3 is 6.09 Å². The Morgan fingerprint density at radius 2 is 1.82 bits per heavy atom. The van der Waals surface area contributed by atoms with E-state index in [0.29, 0.717) is 24.3 Å². The van der Waals surface area contributed by atoms with Crippen LogP contribution in [0.2, 0.25) is 5.02 Å². The van der Waals surface area contributed by atoms with Crippen molar-refractivity contribution < 1.29 is 32.6 Å². The van der Waals surface area contributed by atoms with Crippen molar-refractivity contribution >= 4 is 33.5 Å². The number of nitrogens with two attached hydrogens (primary N) is 1. The number of ether oxygens (including phenoxy) is 2. The normalized spacial score (nSPS) is 12.9. The summed E-state index contributed by atoms with van der Waals surface area (Å²) in [5.41, 5.74) is 1.02. The number of nitrogens with zero attached hydrogens (tertiary/aromatic N) is 1. The molecule has 33 heavy (non-hydrogen) atoms. The van der Waals surface area contributed by atoms with Crippen LogP contribution in [0.4, 0.5) is 4.79 Å². The van der Waals surface area contributed by atoms with Crippen molar-refractivity contribution in [2.24, 2.45) is 5.14 Å². The van der Waals surface area contributed by atoms with Gasteiger partial charge in [0.1, 0.15) is 18.1 Å². The number of fused-ring (bicyclic) bond motifs is 1. The summed E-state index contributed by atoms with van der Waals surface area (Å²) in [6.45, 7) is 0.955. The van der Waals surface area contributed by atoms with E-state index in [2.05, 4.69) is 0 Å². The molecule has 178 valence electrons. The molecule has 1 amide bonds. The van der Waals surface area contributed by atoms with Crippen molar-refractivity contribution in [3.8, 4) is 11.5 Å². The Morgan fingerprint density at radius 3 is 2.52 bits per heavy atom. The smallest absolute Gasteiger partial charge is 0.407 e. The van der Waals surface area contributed by atoms with Gasteiger partial charge in [-0.1, -0.05) is 29.8 Å². The molecular weight excluding hydrogens is 472 g/mol. The van der Waals surface area contributed by atoms with Gasteiger partial charge in [-0.15, -0.1) is 0 Å². The van der Waals surface area contributed by atoms with Gasteiger partial charge in [-0.3, -0.25) is 4.79 Å². The van der Waals surface area contributed by atoms with Gasteiger partial charge < -0.3 is 19.5 Å². The van der Waals surface area contributed by atoms with Gasteiger partial charge in [0.25, 0.3) is 0 Å². The molecule has 9 nitrogen and oxygen atoms in total. The topological polar surface area (TPSA) is 136 Å². The fourth-order valence-electron chi connectivity index (χ4n) is 3.49. The van der Waals surface area contributed by atoms with Crippen LogP contribution in [0.15, 0.2) is 41.3 Å². The van der Waals surface area contributed by atoms with Crippen LogP contribution in [0, 0.1) is 0 Å². The summed E-state index contributed by atoms with van der Waals surface area (Å²) in [6, 6.07) is 9.90. The third-order valence-corrected chi connectivity index (χ3v) is 6.48. The third-order valence-electron chi connectivity index (χ3n) is 5.20. The maximum absolute atomic E-state index is 12.7. The van der Waals surface area contributed by atoms with Gasteiger partial charge in [-0.2, -0.15) is 0 Å². The van der Waals surface area contributed by atoms with E-state index < -0.39 is 16.1 Å². The molecule has 1 aliphatic rings. The molecule has 0 fully saturated rings. The lowest BCUT2D eigenvalue weighted by Crippen LogP contribution is -2.32. The molecule has 0 saturated carbocycles. The van der Waals surface area contributed by atoms with Crippen LogP contribution in [-0.2, 0) is 16.4 Å². The molecule has 1 heterocycles. The summed E-state index contributed by atoms with van der Waals surface area (Å²) in [5, 5.41) is 15.3. The molecule has 0 spiro atoms. The molecule has 2 aromatic rings. The van der Waals surface area contributed by atoms with E-state index in [4.69, 9.17) is 26.2 Å². The molecule has 0 aliphatic carbocycles. The SMILES string of the molecule is NS(=O)(=O)c1cc(C(=O)CCCCN(CCc2ccccc2Cl)C(=O)O)cc2c1OCCO2. The maximum Gasteiger partial charge on any atom is 0.407 e. The second kappa shape index (κ2) is 10.9. The Labute approximate surface area is 197 Å². The molecule has 0 radical (unpaired) electrons. The van der Waals surface area contributed by atoms with Gasteiger partial charge in [-0.05, 0) is 43.0 Å². The minimum absolute atomic E-state index is 0.0101. The Hall–Kier alpha value is -2.82. The second-order valence-electron chi connectivity index (χ2n) is 7.53. The fourth-order valence-corrected chi connectivity index (χ4v) is 4.43. The number of Topliss-reactive ketones (excluding diaryl/α,β-unsaturated/α-hetero) is 1. The third kappa shape index (κ3) is 6.59. The standard InChI is InChI=1S/C22H25ClN2O7S/c23-17-6-2-1-5-15(17)8-10-25(22(27)28)9-4-3-7-18(26)16-13-19-21(32-12-11-31-19)20(14-16)33(24,29)30/h1-2,5-6,13-14H,3-4,7-12H2,(H,27,28)(H2,24,29,30). The van der Waals surface area contributed by atoms with Gasteiger partial charge in [-0.25, -0.2) is 18.4 Å². The highest BCUT2D eigenvalue weighted by Gasteiger charge is 2.25. The first-order valence-corrected chi connectivity index (χ1v) is 12.3. The molecule has 0 unspecified atom stereocenters. The number of halogens is 1. The average molecular weight is 497 g/mol. The van der Waals surface area contributed by atoms with E-state index >= 15 is 0 Å². The number of primary sulfonamides is 1. The number of hydrogen-bond donors (Lipinski definition) is 2. The summed E-state index contributed by atoms with van der Waals surface area (Å²) < 4.78 is 34.6. The number of amides is 1. The summed E-state index contributed by atoms with van der Waals surface area (Å²) in [7, 11) is -4.12. The number of ketones is 1. The molecule has 2 aromatic carbocycles. The van der Waals surface area contributed by atoms with Gasteiger partial charge in [0.05, 0.1) is 0 Å². The molecular formula is C22H25ClN2O7S. The Morgan fingerprint density at radius 1 is 1.09 bits per heavy atom. The average Bonchev–Trinajstić information content (AvgIpc) is 2.77. The van der Waals surface area contributed by atoms with E-state index in [9.17, 15) is 23.1 Å². The molecule has 0 saturated heterocycles. The highest BCUT2D eigenvalue weighted by molar-refractivity contribution is 7.89. The second-order valence-corrected chi connectivity index (χ2v) is 9.47. The number of unbranched alkanes of at least 4 members (excludes halogenated alkanes) is 1. The van der Waals surface area contributed by atoms with E-state index in [1.165, 1.54) is 17.0 Å². The first-order valence-electron chi connectivity index (χ1n) is 10.4. The van der Waals surface area contributed by atoms with Gasteiger partial charge in [0, 0.05) is 30.1 Å². The van der Waals surface area contributed by atoms with Crippen molar-refractivity contribution in [1.82, 2.24) is 4.90 Å². The summed E-state index contributed by atoms with van der Waals surface area (Å²) in [5.74, 6) is -0.126. The molecule has 11 heteroatoms. The van der Waals surface area contributed by atoms with Crippen LogP contribution in [0.5, 0.6) is 11.5 Å². The predicted octanol–water partition coefficient (Wildman–Crippen LogP) is 3.33. The monoisotopic (exact) mass is 496 g/mol. The molecule has 1 aliphatic heterocycles. The largest absolute Gasteiger partial charge is 0.486 e. The zero-order chi connectivity index (χ0) is 24.0. The molecule has 3 rings (SSSR count). The predicted molar refractivity (Wildman–Crippen MR) is 122 cm³/mol. The van der Waals surface area contributed by atoms with Gasteiger partial charge in [0.2, 0.25) is 10.0 Å². The van der Waals surface area contributed by atoms with Crippen molar-refractivity contribution in [2.45, 2.75) is 30.6 Å². The van der Waals surface area contributed by atoms with Crippen LogP contribution < -0.4 is 14.6 Å². The molecule has 0 bridgehead atoms. The highest BCUT2D eigenvalue weighted by atomic mass is 35.5. The van der Waals surface area contributed by atoms with Crippen LogP contribution in [0.3, 0.4) is 0 Å². The molecule has 0 atom stereocenters. The highest BCUT2D eigenvalue weighted by Crippen LogP contribution is 2.37. The van der Waals surface area contributed by atoms with Crippen LogP contribution in [0.25, 0.3) is 0 Å². The zero-order valence-corrected chi connectivity index (χ0v) is 19.4. The fraction of sp³-hybridized carbons (Fsp3) is 0.364. The van der Waals surface area contributed by atoms with Crippen LogP contribution in [-0.4, -0.2) is 56.6 Å². The van der Waals surface area contributed by atoms with Crippen LogP contribution in [0.1, 0.15) is 35.2 Å². The lowest BCUT2D eigenvalue weighted by atomic mass is 10.0. The van der Waals surface area contributed by atoms with E-state index in [1.807, 2.05) is 18.2 Å². The maximum atomic E-state index is 12.7. The molecule has 0 aromatic heterocycles. The van der Waals surface area contributed by atoms with Crippen molar-refractivity contribution in [1.29, 1.82) is 0 Å². The Balaban J connectivity index is 1.57. The number of carboxylic acid groups (broad SMARTS) is 1. The lowest BCUT2D eigenvalue weighted by molar-refractivity contribution is 0.0976. The number of carbonyl (C=O) groups excluding carboxylic acids is 1. The van der Waals surface area contributed by atoms with Gasteiger partial charge in [0.15, 0.2) is 17.3 Å². The Kier molecular flexibility index (Phi) is 8.17. The summed E-state index contributed by atoms with van der Waals surface area (Å²) in [6.07, 6.45) is 0.444. The number of benzene rings is 2. The summed E-state index contributed by atoms with van der Waals surface area (Å²) in [4.78, 5) is 25.2. The number of hydrogen-bond acceptors (Lipinski definition) is 6.